The zero-order valence-electron chi connectivity index (χ0n) is 10.2. The van der Waals surface area contributed by atoms with E-state index >= 15 is 0 Å². The third kappa shape index (κ3) is 3.06. The van der Waals surface area contributed by atoms with Gasteiger partial charge >= 0.3 is 0 Å². The molecule has 1 unspecified atom stereocenters. The second-order valence-electron chi connectivity index (χ2n) is 4.28. The molecule has 5 heteroatoms. The first kappa shape index (κ1) is 12.7. The maximum atomic E-state index is 11.5. The van der Waals surface area contributed by atoms with Gasteiger partial charge in [0.1, 0.15) is 5.54 Å². The van der Waals surface area contributed by atoms with Crippen LogP contribution >= 0.6 is 0 Å². The van der Waals surface area contributed by atoms with Gasteiger partial charge in [0.2, 0.25) is 5.91 Å². The molecule has 0 fully saturated rings. The maximum Gasteiger partial charge on any atom is 0.239 e. The van der Waals surface area contributed by atoms with E-state index in [9.17, 15) is 4.79 Å². The number of carbonyl (C=O) groups is 1. The molecule has 0 bridgehead atoms. The number of rotatable bonds is 6. The van der Waals surface area contributed by atoms with Gasteiger partial charge in [0, 0.05) is 6.20 Å². The Bertz CT molecular complexity index is 361. The standard InChI is InChI=1S/C11H20N4O/c1-4-6-13-11(3,10(12)16)8-15-7-5-9(2)14-15/h5,7,13H,4,6,8H2,1-3H3,(H2,12,16). The third-order valence-electron chi connectivity index (χ3n) is 2.56. The zero-order chi connectivity index (χ0) is 12.2. The molecule has 0 radical (unpaired) electrons. The number of nitrogens with two attached hydrogens (primary N) is 1. The summed E-state index contributed by atoms with van der Waals surface area (Å²) in [6.45, 7) is 6.99. The van der Waals surface area contributed by atoms with E-state index in [1.807, 2.05) is 33.0 Å². The number of carbonyl (C=O) groups excluding carboxylic acids is 1. The van der Waals surface area contributed by atoms with Gasteiger partial charge in [0.05, 0.1) is 12.2 Å². The van der Waals surface area contributed by atoms with Crippen LogP contribution in [0.25, 0.3) is 0 Å². The van der Waals surface area contributed by atoms with Crippen molar-refractivity contribution in [2.75, 3.05) is 6.54 Å². The first-order valence-corrected chi connectivity index (χ1v) is 5.53. The van der Waals surface area contributed by atoms with Crippen molar-refractivity contribution in [2.45, 2.75) is 39.3 Å². The average Bonchev–Trinajstić information content (AvgIpc) is 2.60. The lowest BCUT2D eigenvalue weighted by Crippen LogP contribution is -2.56. The van der Waals surface area contributed by atoms with Gasteiger partial charge in [-0.2, -0.15) is 5.10 Å². The largest absolute Gasteiger partial charge is 0.368 e. The summed E-state index contributed by atoms with van der Waals surface area (Å²) in [4.78, 5) is 11.5. The van der Waals surface area contributed by atoms with E-state index in [0.717, 1.165) is 18.7 Å². The highest BCUT2D eigenvalue weighted by atomic mass is 16.1. The molecule has 0 spiro atoms. The summed E-state index contributed by atoms with van der Waals surface area (Å²) in [5, 5.41) is 7.42. The number of aryl methyl sites for hydroxylation is 1. The van der Waals surface area contributed by atoms with Crippen molar-refractivity contribution >= 4 is 5.91 Å². The van der Waals surface area contributed by atoms with Crippen molar-refractivity contribution in [1.82, 2.24) is 15.1 Å². The van der Waals surface area contributed by atoms with Gasteiger partial charge < -0.3 is 11.1 Å². The van der Waals surface area contributed by atoms with Crippen LogP contribution in [-0.4, -0.2) is 27.8 Å². The van der Waals surface area contributed by atoms with Crippen LogP contribution in [-0.2, 0) is 11.3 Å². The van der Waals surface area contributed by atoms with Crippen molar-refractivity contribution in [3.8, 4) is 0 Å². The molecule has 1 amide bonds. The maximum absolute atomic E-state index is 11.5. The highest BCUT2D eigenvalue weighted by molar-refractivity contribution is 5.84. The lowest BCUT2D eigenvalue weighted by atomic mass is 10.0. The minimum atomic E-state index is -0.742. The number of nitrogens with one attached hydrogen (secondary N) is 1. The molecule has 1 heterocycles. The Balaban J connectivity index is 2.74. The molecule has 90 valence electrons. The molecule has 1 aromatic heterocycles. The van der Waals surface area contributed by atoms with Crippen LogP contribution < -0.4 is 11.1 Å². The fraction of sp³-hybridized carbons (Fsp3) is 0.636. The fourth-order valence-electron chi connectivity index (χ4n) is 1.50. The summed E-state index contributed by atoms with van der Waals surface area (Å²) in [6.07, 6.45) is 2.81. The van der Waals surface area contributed by atoms with Gasteiger partial charge in [-0.1, -0.05) is 6.92 Å². The molecule has 16 heavy (non-hydrogen) atoms. The van der Waals surface area contributed by atoms with E-state index in [2.05, 4.69) is 10.4 Å². The Labute approximate surface area is 96.0 Å². The third-order valence-corrected chi connectivity index (χ3v) is 2.56. The minimum Gasteiger partial charge on any atom is -0.368 e. The first-order chi connectivity index (χ1) is 7.48. The Kier molecular flexibility index (Phi) is 4.06. The second kappa shape index (κ2) is 5.12. The lowest BCUT2D eigenvalue weighted by Gasteiger charge is -2.27. The summed E-state index contributed by atoms with van der Waals surface area (Å²) < 4.78 is 1.74. The van der Waals surface area contributed by atoms with Gasteiger partial charge in [-0.3, -0.25) is 9.48 Å². The SMILES string of the molecule is CCCNC(C)(Cn1ccc(C)n1)C(N)=O. The van der Waals surface area contributed by atoms with E-state index in [1.54, 1.807) is 4.68 Å². The topological polar surface area (TPSA) is 72.9 Å². The number of hydrogen-bond donors (Lipinski definition) is 2. The molecule has 3 N–H and O–H groups in total. The van der Waals surface area contributed by atoms with Crippen LogP contribution in [0.1, 0.15) is 26.0 Å². The predicted octanol–water partition coefficient (Wildman–Crippen LogP) is 0.435. The molecule has 1 aromatic rings. The Morgan fingerprint density at radius 1 is 1.69 bits per heavy atom. The minimum absolute atomic E-state index is 0.353. The molecule has 0 aliphatic rings. The molecule has 0 saturated carbocycles. The van der Waals surface area contributed by atoms with Gasteiger partial charge in [0.15, 0.2) is 0 Å². The van der Waals surface area contributed by atoms with Crippen LogP contribution in [0.2, 0.25) is 0 Å². The van der Waals surface area contributed by atoms with Crippen molar-refractivity contribution in [1.29, 1.82) is 0 Å². The quantitative estimate of drug-likeness (QED) is 0.736. The summed E-state index contributed by atoms with van der Waals surface area (Å²) >= 11 is 0. The van der Waals surface area contributed by atoms with E-state index < -0.39 is 5.54 Å². The first-order valence-electron chi connectivity index (χ1n) is 5.53. The number of nitrogens with zero attached hydrogens (tertiary/aromatic N) is 2. The average molecular weight is 224 g/mol. The molecule has 1 atom stereocenters. The summed E-state index contributed by atoms with van der Waals surface area (Å²) in [6, 6.07) is 1.90. The van der Waals surface area contributed by atoms with Crippen LogP contribution in [0, 0.1) is 6.92 Å². The molecule has 0 aliphatic heterocycles. The summed E-state index contributed by atoms with van der Waals surface area (Å²) in [5.41, 5.74) is 5.61. The number of primary amides is 1. The van der Waals surface area contributed by atoms with Crippen molar-refractivity contribution in [2.24, 2.45) is 5.73 Å². The molecular weight excluding hydrogens is 204 g/mol. The fourth-order valence-corrected chi connectivity index (χ4v) is 1.50. The Hall–Kier alpha value is -1.36. The summed E-state index contributed by atoms with van der Waals surface area (Å²) in [7, 11) is 0. The normalized spacial score (nSPS) is 14.7. The smallest absolute Gasteiger partial charge is 0.239 e. The van der Waals surface area contributed by atoms with Crippen LogP contribution in [0.3, 0.4) is 0 Å². The van der Waals surface area contributed by atoms with Crippen LogP contribution in [0.15, 0.2) is 12.3 Å². The lowest BCUT2D eigenvalue weighted by molar-refractivity contribution is -0.124. The Morgan fingerprint density at radius 3 is 2.81 bits per heavy atom. The Morgan fingerprint density at radius 2 is 2.38 bits per heavy atom. The van der Waals surface area contributed by atoms with Crippen LogP contribution in [0.5, 0.6) is 0 Å². The van der Waals surface area contributed by atoms with E-state index in [-0.39, 0.29) is 5.91 Å². The molecule has 0 aromatic carbocycles. The van der Waals surface area contributed by atoms with Crippen molar-refractivity contribution in [3.05, 3.63) is 18.0 Å². The number of amides is 1. The molecule has 5 nitrogen and oxygen atoms in total. The van der Waals surface area contributed by atoms with E-state index in [0.29, 0.717) is 6.54 Å². The summed E-state index contributed by atoms with van der Waals surface area (Å²) in [5.74, 6) is -0.353. The predicted molar refractivity (Wildman–Crippen MR) is 62.9 cm³/mol. The molecule has 0 saturated heterocycles. The van der Waals surface area contributed by atoms with E-state index in [1.165, 1.54) is 0 Å². The van der Waals surface area contributed by atoms with Gasteiger partial charge in [-0.15, -0.1) is 0 Å². The molecule has 1 rings (SSSR count). The highest BCUT2D eigenvalue weighted by Crippen LogP contribution is 2.07. The van der Waals surface area contributed by atoms with Gasteiger partial charge in [-0.25, -0.2) is 0 Å². The highest BCUT2D eigenvalue weighted by Gasteiger charge is 2.30. The molecular formula is C11H20N4O. The van der Waals surface area contributed by atoms with Crippen LogP contribution in [0.4, 0.5) is 0 Å². The zero-order valence-corrected chi connectivity index (χ0v) is 10.2. The second-order valence-corrected chi connectivity index (χ2v) is 4.28. The number of hydrogen-bond acceptors (Lipinski definition) is 3. The monoisotopic (exact) mass is 224 g/mol. The van der Waals surface area contributed by atoms with E-state index in [4.69, 9.17) is 5.73 Å². The van der Waals surface area contributed by atoms with Crippen molar-refractivity contribution < 1.29 is 4.79 Å². The van der Waals surface area contributed by atoms with Gasteiger partial charge in [-0.05, 0) is 32.9 Å². The van der Waals surface area contributed by atoms with Crippen molar-refractivity contribution in [3.63, 3.8) is 0 Å². The number of aromatic nitrogens is 2. The molecule has 0 aliphatic carbocycles. The van der Waals surface area contributed by atoms with Gasteiger partial charge in [0.25, 0.3) is 0 Å².